The van der Waals surface area contributed by atoms with Gasteiger partial charge >= 0.3 is 0 Å². The van der Waals surface area contributed by atoms with E-state index in [-0.39, 0.29) is 6.10 Å². The van der Waals surface area contributed by atoms with Gasteiger partial charge in [0.15, 0.2) is 5.96 Å². The lowest BCUT2D eigenvalue weighted by atomic mass is 10.3. The fourth-order valence-electron chi connectivity index (χ4n) is 2.71. The molecule has 7 heteroatoms. The molecular weight excluding hydrogens is 322 g/mol. The van der Waals surface area contributed by atoms with Crippen molar-refractivity contribution in [2.45, 2.75) is 32.9 Å². The molecule has 1 fully saturated rings. The molecule has 0 aliphatic carbocycles. The predicted octanol–water partition coefficient (Wildman–Crippen LogP) is 2.38. The molecule has 6 nitrogen and oxygen atoms in total. The number of rotatable bonds is 4. The van der Waals surface area contributed by atoms with Crippen molar-refractivity contribution in [2.24, 2.45) is 4.99 Å². The molecule has 0 spiro atoms. The lowest BCUT2D eigenvalue weighted by molar-refractivity contribution is 0.205. The van der Waals surface area contributed by atoms with Crippen LogP contribution in [0.4, 0.5) is 0 Å². The summed E-state index contributed by atoms with van der Waals surface area (Å²) >= 11 is 1.73. The summed E-state index contributed by atoms with van der Waals surface area (Å²) in [6.45, 7) is 6.59. The van der Waals surface area contributed by atoms with Crippen molar-refractivity contribution < 1.29 is 4.74 Å². The number of likely N-dealkylation sites (tertiary alicyclic amines) is 1. The lowest BCUT2D eigenvalue weighted by Crippen LogP contribution is -2.40. The highest BCUT2D eigenvalue weighted by Crippen LogP contribution is 2.18. The average molecular weight is 345 g/mol. The molecule has 2 aromatic rings. The molecule has 1 aliphatic heterocycles. The van der Waals surface area contributed by atoms with Crippen molar-refractivity contribution in [1.29, 1.82) is 0 Å². The maximum atomic E-state index is 5.94. The summed E-state index contributed by atoms with van der Waals surface area (Å²) in [4.78, 5) is 16.7. The first-order valence-corrected chi connectivity index (χ1v) is 8.93. The van der Waals surface area contributed by atoms with E-state index in [0.29, 0.717) is 12.4 Å². The van der Waals surface area contributed by atoms with Gasteiger partial charge in [0.2, 0.25) is 5.88 Å². The fraction of sp³-hybridized carbons (Fsp3) is 0.471. The molecule has 1 saturated heterocycles. The summed E-state index contributed by atoms with van der Waals surface area (Å²) in [5.74, 6) is 1.58. The average Bonchev–Trinajstić information content (AvgIpc) is 3.16. The first kappa shape index (κ1) is 16.7. The van der Waals surface area contributed by atoms with Crippen LogP contribution in [0.15, 0.2) is 29.4 Å². The van der Waals surface area contributed by atoms with E-state index in [0.717, 1.165) is 36.2 Å². The minimum absolute atomic E-state index is 0.141. The van der Waals surface area contributed by atoms with Gasteiger partial charge in [-0.05, 0) is 19.9 Å². The number of guanidine groups is 1. The number of aliphatic imine (C=N–C) groups is 1. The highest BCUT2D eigenvalue weighted by Gasteiger charge is 2.26. The Morgan fingerprint density at radius 1 is 1.46 bits per heavy atom. The predicted molar refractivity (Wildman–Crippen MR) is 96.6 cm³/mol. The molecular formula is C17H23N5OS. The van der Waals surface area contributed by atoms with Crippen molar-refractivity contribution in [2.75, 3.05) is 20.1 Å². The van der Waals surface area contributed by atoms with Crippen molar-refractivity contribution >= 4 is 17.3 Å². The van der Waals surface area contributed by atoms with Crippen LogP contribution < -0.4 is 10.1 Å². The summed E-state index contributed by atoms with van der Waals surface area (Å²) in [5, 5.41) is 4.49. The molecule has 2 aromatic heterocycles. The van der Waals surface area contributed by atoms with Crippen LogP contribution in [0.2, 0.25) is 0 Å². The Kier molecular flexibility index (Phi) is 5.30. The van der Waals surface area contributed by atoms with Crippen LogP contribution in [0.25, 0.3) is 0 Å². The largest absolute Gasteiger partial charge is 0.472 e. The Morgan fingerprint density at radius 3 is 3.00 bits per heavy atom. The Bertz CT molecular complexity index is 681. The van der Waals surface area contributed by atoms with Crippen LogP contribution in [0, 0.1) is 13.8 Å². The molecule has 0 saturated carbocycles. The van der Waals surface area contributed by atoms with Crippen LogP contribution in [0.3, 0.4) is 0 Å². The van der Waals surface area contributed by atoms with E-state index in [2.05, 4.69) is 32.1 Å². The number of hydrogen-bond acceptors (Lipinski definition) is 5. The number of hydrogen-bond donors (Lipinski definition) is 1. The Labute approximate surface area is 146 Å². The fourth-order valence-corrected chi connectivity index (χ4v) is 3.58. The van der Waals surface area contributed by atoms with E-state index in [4.69, 9.17) is 4.74 Å². The molecule has 0 radical (unpaired) electrons. The number of nitrogens with zero attached hydrogens (tertiary/aromatic N) is 4. The topological polar surface area (TPSA) is 62.6 Å². The SMILES string of the molecule is CN=C(NCc1nc(C)c(C)s1)N1CCC(Oc2ccccn2)C1. The van der Waals surface area contributed by atoms with Crippen molar-refractivity contribution in [3.05, 3.63) is 40.0 Å². The van der Waals surface area contributed by atoms with Crippen LogP contribution >= 0.6 is 11.3 Å². The number of nitrogens with one attached hydrogen (secondary N) is 1. The molecule has 1 unspecified atom stereocenters. The molecule has 1 aliphatic rings. The van der Waals surface area contributed by atoms with E-state index in [9.17, 15) is 0 Å². The number of thiazole rings is 1. The van der Waals surface area contributed by atoms with Crippen molar-refractivity contribution in [3.63, 3.8) is 0 Å². The third-order valence-corrected chi connectivity index (χ3v) is 5.12. The van der Waals surface area contributed by atoms with Gasteiger partial charge in [-0.1, -0.05) is 6.07 Å². The minimum atomic E-state index is 0.141. The van der Waals surface area contributed by atoms with E-state index < -0.39 is 0 Å². The molecule has 0 amide bonds. The zero-order valence-corrected chi connectivity index (χ0v) is 15.1. The maximum Gasteiger partial charge on any atom is 0.213 e. The summed E-state index contributed by atoms with van der Waals surface area (Å²) in [5.41, 5.74) is 1.11. The van der Waals surface area contributed by atoms with Gasteiger partial charge in [-0.3, -0.25) is 4.99 Å². The van der Waals surface area contributed by atoms with Gasteiger partial charge in [-0.2, -0.15) is 0 Å². The van der Waals surface area contributed by atoms with Crippen LogP contribution in [0.5, 0.6) is 5.88 Å². The van der Waals surface area contributed by atoms with Gasteiger partial charge in [-0.15, -0.1) is 11.3 Å². The Hall–Kier alpha value is -2.15. The van der Waals surface area contributed by atoms with E-state index in [1.807, 2.05) is 32.2 Å². The van der Waals surface area contributed by atoms with Gasteiger partial charge < -0.3 is 15.0 Å². The molecule has 128 valence electrons. The molecule has 3 rings (SSSR count). The highest BCUT2D eigenvalue weighted by atomic mass is 32.1. The number of ether oxygens (including phenoxy) is 1. The summed E-state index contributed by atoms with van der Waals surface area (Å²) in [6.07, 6.45) is 2.86. The zero-order chi connectivity index (χ0) is 16.9. The van der Waals surface area contributed by atoms with Crippen molar-refractivity contribution in [3.8, 4) is 5.88 Å². The molecule has 0 aromatic carbocycles. The summed E-state index contributed by atoms with van der Waals surface area (Å²) < 4.78 is 5.94. The third kappa shape index (κ3) is 4.03. The maximum absolute atomic E-state index is 5.94. The van der Waals surface area contributed by atoms with Crippen molar-refractivity contribution in [1.82, 2.24) is 20.2 Å². The normalized spacial score (nSPS) is 18.0. The molecule has 24 heavy (non-hydrogen) atoms. The van der Waals surface area contributed by atoms with Crippen LogP contribution in [-0.4, -0.2) is 47.1 Å². The second kappa shape index (κ2) is 7.61. The standard InChI is InChI=1S/C17H23N5OS/c1-12-13(2)24-16(21-12)10-20-17(18-3)22-9-7-14(11-22)23-15-6-4-5-8-19-15/h4-6,8,14H,7,9-11H2,1-3H3,(H,18,20). The minimum Gasteiger partial charge on any atom is -0.472 e. The molecule has 1 N–H and O–H groups in total. The summed E-state index contributed by atoms with van der Waals surface area (Å²) in [6, 6.07) is 5.72. The zero-order valence-electron chi connectivity index (χ0n) is 14.3. The number of aryl methyl sites for hydroxylation is 2. The quantitative estimate of drug-likeness (QED) is 0.681. The second-order valence-electron chi connectivity index (χ2n) is 5.79. The van der Waals surface area contributed by atoms with E-state index in [1.165, 1.54) is 4.88 Å². The van der Waals surface area contributed by atoms with Crippen LogP contribution in [0.1, 0.15) is 22.0 Å². The van der Waals surface area contributed by atoms with E-state index >= 15 is 0 Å². The first-order chi connectivity index (χ1) is 11.7. The monoisotopic (exact) mass is 345 g/mol. The van der Waals surface area contributed by atoms with Crippen LogP contribution in [-0.2, 0) is 6.54 Å². The van der Waals surface area contributed by atoms with E-state index in [1.54, 1.807) is 17.5 Å². The van der Waals surface area contributed by atoms with Gasteiger partial charge in [-0.25, -0.2) is 9.97 Å². The third-order valence-electron chi connectivity index (χ3n) is 4.05. The molecule has 0 bridgehead atoms. The highest BCUT2D eigenvalue weighted by molar-refractivity contribution is 7.11. The smallest absolute Gasteiger partial charge is 0.213 e. The number of pyridine rings is 1. The summed E-state index contributed by atoms with van der Waals surface area (Å²) in [7, 11) is 1.81. The van der Waals surface area contributed by atoms with Gasteiger partial charge in [0.25, 0.3) is 0 Å². The first-order valence-electron chi connectivity index (χ1n) is 8.12. The number of aromatic nitrogens is 2. The lowest BCUT2D eigenvalue weighted by Gasteiger charge is -2.21. The molecule has 1 atom stereocenters. The van der Waals surface area contributed by atoms with Gasteiger partial charge in [0.1, 0.15) is 11.1 Å². The Balaban J connectivity index is 1.53. The Morgan fingerprint density at radius 2 is 2.33 bits per heavy atom. The van der Waals surface area contributed by atoms with Gasteiger partial charge in [0, 0.05) is 37.2 Å². The van der Waals surface area contributed by atoms with Gasteiger partial charge in [0.05, 0.1) is 18.8 Å². The molecule has 3 heterocycles. The second-order valence-corrected chi connectivity index (χ2v) is 7.08.